The highest BCUT2D eigenvalue weighted by Gasteiger charge is 2.19. The number of hydrogen-bond acceptors (Lipinski definition) is 4. The molecule has 0 saturated heterocycles. The fourth-order valence-corrected chi connectivity index (χ4v) is 1.92. The summed E-state index contributed by atoms with van der Waals surface area (Å²) in [6.07, 6.45) is 2.27. The molecule has 0 radical (unpaired) electrons. The van der Waals surface area contributed by atoms with Crippen LogP contribution < -0.4 is 0 Å². The third-order valence-electron chi connectivity index (χ3n) is 3.20. The van der Waals surface area contributed by atoms with E-state index in [0.29, 0.717) is 29.7 Å². The molecule has 1 unspecified atom stereocenters. The van der Waals surface area contributed by atoms with E-state index in [1.165, 1.54) is 6.20 Å². The van der Waals surface area contributed by atoms with Crippen molar-refractivity contribution < 1.29 is 10.0 Å². The molecule has 1 heterocycles. The van der Waals surface area contributed by atoms with Crippen LogP contribution in [0, 0.1) is 29.9 Å². The molecule has 0 fully saturated rings. The Bertz CT molecular complexity index is 444. The fraction of sp³-hybridized carbons (Fsp3) is 0.615. The van der Waals surface area contributed by atoms with E-state index in [0.717, 1.165) is 0 Å². The molecule has 1 rings (SSSR count). The predicted octanol–water partition coefficient (Wildman–Crippen LogP) is 2.56. The molecule has 0 spiro atoms. The van der Waals surface area contributed by atoms with Crippen LogP contribution in [0.3, 0.4) is 0 Å². The van der Waals surface area contributed by atoms with E-state index >= 15 is 0 Å². The summed E-state index contributed by atoms with van der Waals surface area (Å²) in [4.78, 5) is 14.8. The molecule has 18 heavy (non-hydrogen) atoms. The number of pyridine rings is 1. The smallest absolute Gasteiger partial charge is 0.278 e. The van der Waals surface area contributed by atoms with E-state index < -0.39 is 6.10 Å². The van der Waals surface area contributed by atoms with Crippen molar-refractivity contribution >= 4 is 5.69 Å². The number of aliphatic hydroxyl groups is 1. The van der Waals surface area contributed by atoms with E-state index in [1.54, 1.807) is 13.8 Å². The van der Waals surface area contributed by atoms with Crippen molar-refractivity contribution in [1.29, 1.82) is 0 Å². The summed E-state index contributed by atoms with van der Waals surface area (Å²) in [6, 6.07) is 0. The van der Waals surface area contributed by atoms with Gasteiger partial charge in [0, 0.05) is 17.3 Å². The molecule has 1 atom stereocenters. The number of hydrogen-bond donors (Lipinski definition) is 1. The largest absolute Gasteiger partial charge is 0.393 e. The fourth-order valence-electron chi connectivity index (χ4n) is 1.92. The summed E-state index contributed by atoms with van der Waals surface area (Å²) in [7, 11) is 0. The van der Waals surface area contributed by atoms with Gasteiger partial charge in [0.2, 0.25) is 0 Å². The molecule has 0 aromatic carbocycles. The van der Waals surface area contributed by atoms with Crippen LogP contribution in [-0.2, 0) is 6.42 Å². The number of nitrogens with zero attached hydrogens (tertiary/aromatic N) is 2. The van der Waals surface area contributed by atoms with Gasteiger partial charge in [-0.3, -0.25) is 15.1 Å². The van der Waals surface area contributed by atoms with Crippen LogP contribution >= 0.6 is 0 Å². The summed E-state index contributed by atoms with van der Waals surface area (Å²) >= 11 is 0. The first-order chi connectivity index (χ1) is 8.34. The lowest BCUT2D eigenvalue weighted by atomic mass is 9.99. The van der Waals surface area contributed by atoms with Gasteiger partial charge in [-0.05, 0) is 32.6 Å². The van der Waals surface area contributed by atoms with E-state index in [9.17, 15) is 15.2 Å². The molecule has 0 aliphatic rings. The second kappa shape index (κ2) is 5.91. The highest BCUT2D eigenvalue weighted by atomic mass is 16.6. The summed E-state index contributed by atoms with van der Waals surface area (Å²) in [5.74, 6) is 0.186. The highest BCUT2D eigenvalue weighted by molar-refractivity contribution is 5.47. The van der Waals surface area contributed by atoms with Crippen LogP contribution in [0.25, 0.3) is 0 Å². The Morgan fingerprint density at radius 1 is 1.44 bits per heavy atom. The Kier molecular flexibility index (Phi) is 4.78. The Hall–Kier alpha value is -1.49. The maximum Gasteiger partial charge on any atom is 0.278 e. The number of rotatable bonds is 5. The zero-order chi connectivity index (χ0) is 13.9. The summed E-state index contributed by atoms with van der Waals surface area (Å²) < 4.78 is 0. The van der Waals surface area contributed by atoms with Crippen molar-refractivity contribution in [2.24, 2.45) is 5.92 Å². The summed E-state index contributed by atoms with van der Waals surface area (Å²) in [5, 5.41) is 20.7. The Morgan fingerprint density at radius 3 is 2.56 bits per heavy atom. The van der Waals surface area contributed by atoms with Crippen LogP contribution in [0.5, 0.6) is 0 Å². The molecule has 0 aliphatic heterocycles. The molecular weight excluding hydrogens is 232 g/mol. The standard InChI is InChI=1S/C13H20N2O3/c1-8(2)12(16)6-5-11-10(4)13(15(17)18)9(3)7-14-11/h7-8,12,16H,5-6H2,1-4H3. The lowest BCUT2D eigenvalue weighted by Crippen LogP contribution is -2.16. The molecule has 1 N–H and O–H groups in total. The molecule has 1 aromatic heterocycles. The quantitative estimate of drug-likeness (QED) is 0.645. The number of aryl methyl sites for hydroxylation is 2. The van der Waals surface area contributed by atoms with Crippen LogP contribution in [0.15, 0.2) is 6.20 Å². The number of aliphatic hydroxyl groups excluding tert-OH is 1. The van der Waals surface area contributed by atoms with E-state index in [2.05, 4.69) is 4.98 Å². The van der Waals surface area contributed by atoms with Gasteiger partial charge in [-0.2, -0.15) is 0 Å². The average molecular weight is 252 g/mol. The van der Waals surface area contributed by atoms with Gasteiger partial charge in [0.15, 0.2) is 0 Å². The van der Waals surface area contributed by atoms with Crippen molar-refractivity contribution in [2.75, 3.05) is 0 Å². The van der Waals surface area contributed by atoms with Crippen molar-refractivity contribution in [3.8, 4) is 0 Å². The molecular formula is C13H20N2O3. The van der Waals surface area contributed by atoms with Gasteiger partial charge in [-0.25, -0.2) is 0 Å². The first-order valence-corrected chi connectivity index (χ1v) is 6.12. The maximum absolute atomic E-state index is 11.0. The maximum atomic E-state index is 11.0. The molecule has 0 amide bonds. The van der Waals surface area contributed by atoms with Crippen LogP contribution in [-0.4, -0.2) is 21.1 Å². The van der Waals surface area contributed by atoms with E-state index in [-0.39, 0.29) is 16.5 Å². The van der Waals surface area contributed by atoms with E-state index in [4.69, 9.17) is 0 Å². The van der Waals surface area contributed by atoms with Crippen LogP contribution in [0.1, 0.15) is 37.1 Å². The lowest BCUT2D eigenvalue weighted by molar-refractivity contribution is -0.386. The third-order valence-corrected chi connectivity index (χ3v) is 3.20. The summed E-state index contributed by atoms with van der Waals surface area (Å²) in [5.41, 5.74) is 2.02. The monoisotopic (exact) mass is 252 g/mol. The normalized spacial score (nSPS) is 12.8. The van der Waals surface area contributed by atoms with E-state index in [1.807, 2.05) is 13.8 Å². The molecule has 0 saturated carbocycles. The predicted molar refractivity (Wildman–Crippen MR) is 69.5 cm³/mol. The lowest BCUT2D eigenvalue weighted by Gasteiger charge is -2.14. The minimum absolute atomic E-state index is 0.138. The van der Waals surface area contributed by atoms with Gasteiger partial charge in [0.25, 0.3) is 5.69 Å². The van der Waals surface area contributed by atoms with Crippen LogP contribution in [0.4, 0.5) is 5.69 Å². The SMILES string of the molecule is Cc1cnc(CCC(O)C(C)C)c(C)c1[N+](=O)[O-]. The Balaban J connectivity index is 2.91. The first-order valence-electron chi connectivity index (χ1n) is 6.12. The molecule has 5 nitrogen and oxygen atoms in total. The third kappa shape index (κ3) is 3.26. The molecule has 0 bridgehead atoms. The number of aromatic nitrogens is 1. The Morgan fingerprint density at radius 2 is 2.06 bits per heavy atom. The zero-order valence-corrected chi connectivity index (χ0v) is 11.3. The van der Waals surface area contributed by atoms with Gasteiger partial charge in [-0.15, -0.1) is 0 Å². The van der Waals surface area contributed by atoms with Gasteiger partial charge >= 0.3 is 0 Å². The van der Waals surface area contributed by atoms with Gasteiger partial charge in [0.1, 0.15) is 0 Å². The van der Waals surface area contributed by atoms with Crippen molar-refractivity contribution in [3.63, 3.8) is 0 Å². The molecule has 1 aromatic rings. The summed E-state index contributed by atoms with van der Waals surface area (Å²) in [6.45, 7) is 7.30. The van der Waals surface area contributed by atoms with Gasteiger partial charge < -0.3 is 5.11 Å². The first kappa shape index (κ1) is 14.6. The highest BCUT2D eigenvalue weighted by Crippen LogP contribution is 2.25. The van der Waals surface area contributed by atoms with Crippen molar-refractivity contribution in [1.82, 2.24) is 4.98 Å². The Labute approximate surface area is 107 Å². The van der Waals surface area contributed by atoms with Gasteiger partial charge in [0.05, 0.1) is 16.7 Å². The minimum Gasteiger partial charge on any atom is -0.393 e. The molecule has 5 heteroatoms. The number of nitro groups is 1. The topological polar surface area (TPSA) is 76.3 Å². The molecule has 0 aliphatic carbocycles. The zero-order valence-electron chi connectivity index (χ0n) is 11.3. The molecule has 100 valence electrons. The van der Waals surface area contributed by atoms with Crippen molar-refractivity contribution in [3.05, 3.63) is 33.1 Å². The van der Waals surface area contributed by atoms with Crippen molar-refractivity contribution in [2.45, 2.75) is 46.6 Å². The minimum atomic E-state index is -0.397. The van der Waals surface area contributed by atoms with Crippen LogP contribution in [0.2, 0.25) is 0 Å². The van der Waals surface area contributed by atoms with Gasteiger partial charge in [-0.1, -0.05) is 13.8 Å². The average Bonchev–Trinajstić information content (AvgIpc) is 2.27. The second-order valence-corrected chi connectivity index (χ2v) is 4.97. The second-order valence-electron chi connectivity index (χ2n) is 4.97.